The lowest BCUT2D eigenvalue weighted by molar-refractivity contribution is 0.924. The fourth-order valence-electron chi connectivity index (χ4n) is 1.34. The van der Waals surface area contributed by atoms with Crippen LogP contribution in [0.3, 0.4) is 0 Å². The fraction of sp³-hybridized carbons (Fsp3) is 0.500. The summed E-state index contributed by atoms with van der Waals surface area (Å²) >= 11 is 3.79. The molecule has 2 rings (SSSR count). The highest BCUT2D eigenvalue weighted by Crippen LogP contribution is 2.18. The van der Waals surface area contributed by atoms with Gasteiger partial charge in [-0.25, -0.2) is 0 Å². The molecule has 0 aliphatic carbocycles. The Morgan fingerprint density at radius 3 is 3.08 bits per heavy atom. The van der Waals surface area contributed by atoms with Gasteiger partial charge >= 0.3 is 0 Å². The molecule has 1 aliphatic rings. The third-order valence-electron chi connectivity index (χ3n) is 2.02. The number of aryl methyl sites for hydroxylation is 1. The Morgan fingerprint density at radius 2 is 2.38 bits per heavy atom. The summed E-state index contributed by atoms with van der Waals surface area (Å²) in [6.07, 6.45) is 3.57. The molecule has 70 valence electrons. The first-order valence-electron chi connectivity index (χ1n) is 4.63. The van der Waals surface area contributed by atoms with E-state index in [4.69, 9.17) is 0 Å². The molecular weight excluding hydrogens is 198 g/mol. The van der Waals surface area contributed by atoms with Gasteiger partial charge in [0.05, 0.1) is 5.04 Å². The van der Waals surface area contributed by atoms with E-state index in [0.717, 1.165) is 13.0 Å². The SMILES string of the molecule is c1csc(CCC2=NCCCS2)c1. The van der Waals surface area contributed by atoms with Crippen molar-refractivity contribution in [1.82, 2.24) is 0 Å². The van der Waals surface area contributed by atoms with Crippen LogP contribution in [-0.2, 0) is 6.42 Å². The summed E-state index contributed by atoms with van der Waals surface area (Å²) in [5.41, 5.74) is 0. The topological polar surface area (TPSA) is 12.4 Å². The largest absolute Gasteiger partial charge is 0.283 e. The summed E-state index contributed by atoms with van der Waals surface area (Å²) in [7, 11) is 0. The maximum Gasteiger partial charge on any atom is 0.0679 e. The van der Waals surface area contributed by atoms with E-state index in [-0.39, 0.29) is 0 Å². The quantitative estimate of drug-likeness (QED) is 0.748. The second kappa shape index (κ2) is 4.82. The molecule has 1 aromatic rings. The zero-order valence-corrected chi connectivity index (χ0v) is 9.16. The lowest BCUT2D eigenvalue weighted by Gasteiger charge is -2.09. The van der Waals surface area contributed by atoms with Crippen LogP contribution in [0.2, 0.25) is 0 Å². The molecule has 13 heavy (non-hydrogen) atoms. The Kier molecular flexibility index (Phi) is 3.44. The normalized spacial score (nSPS) is 17.1. The van der Waals surface area contributed by atoms with Gasteiger partial charge in [0.2, 0.25) is 0 Å². The van der Waals surface area contributed by atoms with Crippen molar-refractivity contribution in [2.24, 2.45) is 4.99 Å². The average molecular weight is 211 g/mol. The van der Waals surface area contributed by atoms with E-state index in [0.29, 0.717) is 0 Å². The molecule has 0 saturated carbocycles. The van der Waals surface area contributed by atoms with Gasteiger partial charge in [-0.2, -0.15) is 0 Å². The highest BCUT2D eigenvalue weighted by atomic mass is 32.2. The Labute approximate surface area is 87.3 Å². The van der Waals surface area contributed by atoms with Crippen LogP contribution in [0.4, 0.5) is 0 Å². The van der Waals surface area contributed by atoms with Gasteiger partial charge in [-0.05, 0) is 24.3 Å². The van der Waals surface area contributed by atoms with Crippen LogP contribution >= 0.6 is 23.1 Å². The first kappa shape index (κ1) is 9.28. The van der Waals surface area contributed by atoms with Crippen LogP contribution in [0.5, 0.6) is 0 Å². The number of nitrogens with zero attached hydrogens (tertiary/aromatic N) is 1. The van der Waals surface area contributed by atoms with Crippen LogP contribution in [0.1, 0.15) is 17.7 Å². The van der Waals surface area contributed by atoms with Gasteiger partial charge in [0.15, 0.2) is 0 Å². The minimum absolute atomic E-state index is 1.05. The number of thiophene rings is 1. The first-order valence-corrected chi connectivity index (χ1v) is 6.50. The van der Waals surface area contributed by atoms with E-state index in [1.165, 1.54) is 28.5 Å². The third kappa shape index (κ3) is 2.85. The van der Waals surface area contributed by atoms with Gasteiger partial charge in [0, 0.05) is 23.6 Å². The van der Waals surface area contributed by atoms with Crippen molar-refractivity contribution in [2.45, 2.75) is 19.3 Å². The van der Waals surface area contributed by atoms with Crippen molar-refractivity contribution < 1.29 is 0 Å². The number of hydrogen-bond donors (Lipinski definition) is 0. The van der Waals surface area contributed by atoms with E-state index in [2.05, 4.69) is 22.5 Å². The van der Waals surface area contributed by atoms with Gasteiger partial charge in [-0.1, -0.05) is 6.07 Å². The maximum atomic E-state index is 4.51. The second-order valence-electron chi connectivity index (χ2n) is 3.06. The minimum Gasteiger partial charge on any atom is -0.283 e. The molecule has 1 aromatic heterocycles. The van der Waals surface area contributed by atoms with Crippen LogP contribution in [-0.4, -0.2) is 17.3 Å². The predicted molar refractivity (Wildman–Crippen MR) is 62.0 cm³/mol. The molecule has 0 amide bonds. The Balaban J connectivity index is 1.82. The Hall–Kier alpha value is -0.280. The zero-order valence-electron chi connectivity index (χ0n) is 7.53. The number of thioether (sulfide) groups is 1. The standard InChI is InChI=1S/C10H13NS2/c1-3-9(12-7-1)4-5-10-11-6-2-8-13-10/h1,3,7H,2,4-6,8H2. The number of aliphatic imine (C=N–C) groups is 1. The first-order chi connectivity index (χ1) is 6.45. The lowest BCUT2D eigenvalue weighted by atomic mass is 10.3. The molecule has 2 heterocycles. The molecule has 0 atom stereocenters. The molecule has 3 heteroatoms. The van der Waals surface area contributed by atoms with Crippen LogP contribution < -0.4 is 0 Å². The fourth-order valence-corrected chi connectivity index (χ4v) is 2.99. The van der Waals surface area contributed by atoms with Gasteiger partial charge in [0.25, 0.3) is 0 Å². The molecule has 0 radical (unpaired) electrons. The predicted octanol–water partition coefficient (Wildman–Crippen LogP) is 3.22. The van der Waals surface area contributed by atoms with Crippen molar-refractivity contribution >= 4 is 28.1 Å². The van der Waals surface area contributed by atoms with E-state index in [1.807, 2.05) is 23.1 Å². The molecule has 0 spiro atoms. The van der Waals surface area contributed by atoms with Crippen molar-refractivity contribution in [3.63, 3.8) is 0 Å². The monoisotopic (exact) mass is 211 g/mol. The van der Waals surface area contributed by atoms with E-state index < -0.39 is 0 Å². The number of hydrogen-bond acceptors (Lipinski definition) is 3. The number of rotatable bonds is 3. The highest BCUT2D eigenvalue weighted by Gasteiger charge is 2.05. The molecule has 0 unspecified atom stereocenters. The highest BCUT2D eigenvalue weighted by molar-refractivity contribution is 8.14. The molecule has 1 aliphatic heterocycles. The molecule has 0 fully saturated rings. The van der Waals surface area contributed by atoms with Crippen molar-refractivity contribution in [3.8, 4) is 0 Å². The molecule has 0 N–H and O–H groups in total. The molecule has 0 saturated heterocycles. The summed E-state index contributed by atoms with van der Waals surface area (Å²) in [6.45, 7) is 1.05. The van der Waals surface area contributed by atoms with Gasteiger partial charge in [-0.15, -0.1) is 23.1 Å². The summed E-state index contributed by atoms with van der Waals surface area (Å²) in [6, 6.07) is 4.33. The summed E-state index contributed by atoms with van der Waals surface area (Å²) in [4.78, 5) is 5.99. The molecule has 1 nitrogen and oxygen atoms in total. The van der Waals surface area contributed by atoms with Crippen LogP contribution in [0, 0.1) is 0 Å². The zero-order chi connectivity index (χ0) is 8.93. The second-order valence-corrected chi connectivity index (χ2v) is 5.26. The third-order valence-corrected chi connectivity index (χ3v) is 4.12. The van der Waals surface area contributed by atoms with Gasteiger partial charge in [-0.3, -0.25) is 4.99 Å². The van der Waals surface area contributed by atoms with Gasteiger partial charge in [0.1, 0.15) is 0 Å². The van der Waals surface area contributed by atoms with E-state index in [1.54, 1.807) is 0 Å². The van der Waals surface area contributed by atoms with E-state index >= 15 is 0 Å². The van der Waals surface area contributed by atoms with E-state index in [9.17, 15) is 0 Å². The average Bonchev–Trinajstić information content (AvgIpc) is 2.69. The van der Waals surface area contributed by atoms with Crippen molar-refractivity contribution in [1.29, 1.82) is 0 Å². The Morgan fingerprint density at radius 1 is 1.38 bits per heavy atom. The Bertz CT molecular complexity index is 277. The summed E-state index contributed by atoms with van der Waals surface area (Å²) in [5.74, 6) is 1.27. The van der Waals surface area contributed by atoms with Gasteiger partial charge < -0.3 is 0 Å². The molecular formula is C10H13NS2. The lowest BCUT2D eigenvalue weighted by Crippen LogP contribution is -2.04. The molecule has 0 bridgehead atoms. The summed E-state index contributed by atoms with van der Waals surface area (Å²) in [5, 5.41) is 3.50. The van der Waals surface area contributed by atoms with Crippen LogP contribution in [0.25, 0.3) is 0 Å². The maximum absolute atomic E-state index is 4.51. The smallest absolute Gasteiger partial charge is 0.0679 e. The summed E-state index contributed by atoms with van der Waals surface area (Å²) < 4.78 is 0. The van der Waals surface area contributed by atoms with Crippen molar-refractivity contribution in [2.75, 3.05) is 12.3 Å². The molecule has 0 aromatic carbocycles. The van der Waals surface area contributed by atoms with Crippen molar-refractivity contribution in [3.05, 3.63) is 22.4 Å². The minimum atomic E-state index is 1.05. The van der Waals surface area contributed by atoms with Crippen LogP contribution in [0.15, 0.2) is 22.5 Å².